The van der Waals surface area contributed by atoms with Crippen LogP contribution in [0.2, 0.25) is 0 Å². The highest BCUT2D eigenvalue weighted by Gasteiger charge is 2.10. The third kappa shape index (κ3) is 4.49. The van der Waals surface area contributed by atoms with E-state index in [1.807, 2.05) is 54.4 Å². The van der Waals surface area contributed by atoms with E-state index in [4.69, 9.17) is 0 Å². The van der Waals surface area contributed by atoms with Gasteiger partial charge in [-0.15, -0.1) is 11.3 Å². The lowest BCUT2D eigenvalue weighted by molar-refractivity contribution is -0.117. The third-order valence-electron chi connectivity index (χ3n) is 3.28. The van der Waals surface area contributed by atoms with Crippen molar-refractivity contribution in [3.05, 3.63) is 57.1 Å². The zero-order valence-corrected chi connectivity index (χ0v) is 15.6. The summed E-state index contributed by atoms with van der Waals surface area (Å²) in [6, 6.07) is 15.9. The standard InChI is InChI=1S/C17H16IN3OS/c1-21(10-16(22)19-13-8-6-12(18)7-9-13)11-17-20-14-4-2-3-5-15(14)23-17/h2-9H,10-11H2,1H3,(H,19,22). The number of benzene rings is 2. The van der Waals surface area contributed by atoms with Crippen LogP contribution in [0.1, 0.15) is 5.01 Å². The molecule has 1 amide bonds. The summed E-state index contributed by atoms with van der Waals surface area (Å²) in [5.41, 5.74) is 1.84. The van der Waals surface area contributed by atoms with Gasteiger partial charge in [-0.1, -0.05) is 12.1 Å². The highest BCUT2D eigenvalue weighted by Crippen LogP contribution is 2.22. The maximum Gasteiger partial charge on any atom is 0.238 e. The molecule has 0 spiro atoms. The first-order valence-corrected chi connectivity index (χ1v) is 9.08. The van der Waals surface area contributed by atoms with E-state index in [9.17, 15) is 4.79 Å². The van der Waals surface area contributed by atoms with Crippen LogP contribution in [0.5, 0.6) is 0 Å². The lowest BCUT2D eigenvalue weighted by Gasteiger charge is -2.14. The summed E-state index contributed by atoms with van der Waals surface area (Å²) in [5, 5.41) is 3.94. The topological polar surface area (TPSA) is 45.2 Å². The number of nitrogens with one attached hydrogen (secondary N) is 1. The Morgan fingerprint density at radius 2 is 1.96 bits per heavy atom. The van der Waals surface area contributed by atoms with Crippen LogP contribution in [-0.4, -0.2) is 29.4 Å². The molecule has 0 fully saturated rings. The van der Waals surface area contributed by atoms with Crippen LogP contribution in [0.4, 0.5) is 5.69 Å². The smallest absolute Gasteiger partial charge is 0.238 e. The Bertz CT molecular complexity index is 783. The Balaban J connectivity index is 1.56. The highest BCUT2D eigenvalue weighted by atomic mass is 127. The fourth-order valence-corrected chi connectivity index (χ4v) is 3.66. The van der Waals surface area contributed by atoms with Gasteiger partial charge in [-0.25, -0.2) is 4.98 Å². The Hall–Kier alpha value is -1.51. The first-order chi connectivity index (χ1) is 11.1. The normalized spacial score (nSPS) is 11.1. The number of nitrogens with zero attached hydrogens (tertiary/aromatic N) is 2. The lowest BCUT2D eigenvalue weighted by atomic mass is 10.3. The van der Waals surface area contributed by atoms with E-state index in [2.05, 4.69) is 39.0 Å². The van der Waals surface area contributed by atoms with Crippen molar-refractivity contribution in [2.24, 2.45) is 0 Å². The summed E-state index contributed by atoms with van der Waals surface area (Å²) in [4.78, 5) is 18.7. The van der Waals surface area contributed by atoms with Crippen LogP contribution < -0.4 is 5.32 Å². The van der Waals surface area contributed by atoms with Gasteiger partial charge in [0, 0.05) is 9.26 Å². The number of rotatable bonds is 5. The summed E-state index contributed by atoms with van der Waals surface area (Å²) in [6.07, 6.45) is 0. The van der Waals surface area contributed by atoms with Gasteiger partial charge >= 0.3 is 0 Å². The van der Waals surface area contributed by atoms with Gasteiger partial charge in [-0.2, -0.15) is 0 Å². The highest BCUT2D eigenvalue weighted by molar-refractivity contribution is 14.1. The Labute approximate surface area is 152 Å². The first kappa shape index (κ1) is 16.4. The molecule has 0 aliphatic carbocycles. The third-order valence-corrected chi connectivity index (χ3v) is 5.03. The number of halogens is 1. The van der Waals surface area contributed by atoms with Crippen molar-refractivity contribution in [1.82, 2.24) is 9.88 Å². The molecule has 0 atom stereocenters. The number of fused-ring (bicyclic) bond motifs is 1. The van der Waals surface area contributed by atoms with Crippen LogP contribution in [0.3, 0.4) is 0 Å². The molecule has 3 rings (SSSR count). The largest absolute Gasteiger partial charge is 0.325 e. The fourth-order valence-electron chi connectivity index (χ4n) is 2.25. The molecule has 0 radical (unpaired) electrons. The molecule has 1 N–H and O–H groups in total. The summed E-state index contributed by atoms with van der Waals surface area (Å²) in [6.45, 7) is 1.00. The van der Waals surface area contributed by atoms with Crippen molar-refractivity contribution in [1.29, 1.82) is 0 Å². The number of hydrogen-bond acceptors (Lipinski definition) is 4. The van der Waals surface area contributed by atoms with E-state index in [1.54, 1.807) is 11.3 Å². The minimum absolute atomic E-state index is 0.0187. The molecule has 0 aliphatic rings. The molecule has 118 valence electrons. The number of hydrogen-bond donors (Lipinski definition) is 1. The molecule has 1 aromatic heterocycles. The van der Waals surface area contributed by atoms with E-state index >= 15 is 0 Å². The minimum atomic E-state index is -0.0187. The number of carbonyl (C=O) groups is 1. The van der Waals surface area contributed by atoms with Gasteiger partial charge < -0.3 is 5.32 Å². The first-order valence-electron chi connectivity index (χ1n) is 7.18. The molecule has 0 saturated carbocycles. The monoisotopic (exact) mass is 437 g/mol. The molecule has 0 saturated heterocycles. The Morgan fingerprint density at radius 3 is 2.70 bits per heavy atom. The summed E-state index contributed by atoms with van der Waals surface area (Å²) >= 11 is 3.91. The van der Waals surface area contributed by atoms with E-state index in [0.29, 0.717) is 13.1 Å². The average molecular weight is 437 g/mol. The summed E-state index contributed by atoms with van der Waals surface area (Å²) in [7, 11) is 1.93. The SMILES string of the molecule is CN(CC(=O)Nc1ccc(I)cc1)Cc1nc2ccccc2s1. The predicted molar refractivity (Wildman–Crippen MR) is 104 cm³/mol. The van der Waals surface area contributed by atoms with Gasteiger partial charge in [-0.3, -0.25) is 9.69 Å². The van der Waals surface area contributed by atoms with Gasteiger partial charge in [0.15, 0.2) is 0 Å². The lowest BCUT2D eigenvalue weighted by Crippen LogP contribution is -2.29. The number of para-hydroxylation sites is 1. The number of likely N-dealkylation sites (N-methyl/N-ethyl adjacent to an activating group) is 1. The van der Waals surface area contributed by atoms with Crippen molar-refractivity contribution >= 4 is 55.7 Å². The van der Waals surface area contributed by atoms with Crippen molar-refractivity contribution in [3.63, 3.8) is 0 Å². The molecule has 23 heavy (non-hydrogen) atoms. The number of thiazole rings is 1. The van der Waals surface area contributed by atoms with Crippen molar-refractivity contribution in [2.75, 3.05) is 18.9 Å². The van der Waals surface area contributed by atoms with Crippen molar-refractivity contribution in [2.45, 2.75) is 6.54 Å². The number of carbonyl (C=O) groups excluding carboxylic acids is 1. The predicted octanol–water partition coefficient (Wildman–Crippen LogP) is 3.97. The second-order valence-corrected chi connectivity index (χ2v) is 7.66. The van der Waals surface area contributed by atoms with Crippen LogP contribution in [-0.2, 0) is 11.3 Å². The van der Waals surface area contributed by atoms with E-state index in [-0.39, 0.29) is 5.91 Å². The minimum Gasteiger partial charge on any atom is -0.325 e. The Kier molecular flexibility index (Phi) is 5.24. The second-order valence-electron chi connectivity index (χ2n) is 5.30. The molecule has 6 heteroatoms. The average Bonchev–Trinajstić information content (AvgIpc) is 2.91. The zero-order chi connectivity index (χ0) is 16.2. The molecule has 3 aromatic rings. The van der Waals surface area contributed by atoms with E-state index in [1.165, 1.54) is 4.70 Å². The van der Waals surface area contributed by atoms with Gasteiger partial charge in [0.25, 0.3) is 0 Å². The fraction of sp³-hybridized carbons (Fsp3) is 0.176. The maximum absolute atomic E-state index is 12.1. The van der Waals surface area contributed by atoms with Crippen LogP contribution in [0.15, 0.2) is 48.5 Å². The summed E-state index contributed by atoms with van der Waals surface area (Å²) < 4.78 is 2.33. The van der Waals surface area contributed by atoms with Gasteiger partial charge in [-0.05, 0) is 66.0 Å². The summed E-state index contributed by atoms with van der Waals surface area (Å²) in [5.74, 6) is -0.0187. The van der Waals surface area contributed by atoms with Gasteiger partial charge in [0.05, 0.1) is 23.3 Å². The molecular formula is C17H16IN3OS. The molecule has 0 bridgehead atoms. The van der Waals surface area contributed by atoms with Gasteiger partial charge in [0.1, 0.15) is 5.01 Å². The molecule has 1 heterocycles. The quantitative estimate of drug-likeness (QED) is 0.615. The maximum atomic E-state index is 12.1. The second kappa shape index (κ2) is 7.37. The van der Waals surface area contributed by atoms with E-state index < -0.39 is 0 Å². The molecular weight excluding hydrogens is 421 g/mol. The molecule has 0 aliphatic heterocycles. The van der Waals surface area contributed by atoms with E-state index in [0.717, 1.165) is 19.8 Å². The molecule has 2 aromatic carbocycles. The van der Waals surface area contributed by atoms with Crippen LogP contribution in [0, 0.1) is 3.57 Å². The molecule has 0 unspecified atom stereocenters. The zero-order valence-electron chi connectivity index (χ0n) is 12.6. The number of amides is 1. The van der Waals surface area contributed by atoms with Crippen LogP contribution >= 0.6 is 33.9 Å². The van der Waals surface area contributed by atoms with Crippen molar-refractivity contribution in [3.8, 4) is 0 Å². The number of anilines is 1. The van der Waals surface area contributed by atoms with Gasteiger partial charge in [0.2, 0.25) is 5.91 Å². The number of aromatic nitrogens is 1. The Morgan fingerprint density at radius 1 is 1.22 bits per heavy atom. The van der Waals surface area contributed by atoms with Crippen molar-refractivity contribution < 1.29 is 4.79 Å². The molecule has 4 nitrogen and oxygen atoms in total. The van der Waals surface area contributed by atoms with Crippen LogP contribution in [0.25, 0.3) is 10.2 Å².